The number of rotatable bonds is 5. The minimum absolute atomic E-state index is 0.0486. The first kappa shape index (κ1) is 22.7. The lowest BCUT2D eigenvalue weighted by Crippen LogP contribution is -2.35. The molecule has 6 nitrogen and oxygen atoms in total. The molecule has 1 saturated carbocycles. The van der Waals surface area contributed by atoms with E-state index in [1.807, 2.05) is 37.4 Å². The van der Waals surface area contributed by atoms with Gasteiger partial charge in [-0.05, 0) is 93.6 Å². The van der Waals surface area contributed by atoms with Gasteiger partial charge in [0.25, 0.3) is 5.91 Å². The molecule has 3 fully saturated rings. The molecule has 0 spiro atoms. The van der Waals surface area contributed by atoms with E-state index in [1.54, 1.807) is 7.11 Å². The molecule has 0 atom stereocenters. The fourth-order valence-corrected chi connectivity index (χ4v) is 4.74. The predicted molar refractivity (Wildman–Crippen MR) is 137 cm³/mol. The molecule has 3 aromatic rings. The van der Waals surface area contributed by atoms with E-state index in [0.717, 1.165) is 42.4 Å². The lowest BCUT2D eigenvalue weighted by Gasteiger charge is -2.24. The summed E-state index contributed by atoms with van der Waals surface area (Å²) in [5.41, 5.74) is 4.68. The van der Waals surface area contributed by atoms with E-state index in [9.17, 15) is 4.79 Å². The molecule has 0 bridgehead atoms. The second-order valence-electron chi connectivity index (χ2n) is 9.58. The number of anilines is 1. The number of nitrogens with one attached hydrogen (secondary N) is 2. The summed E-state index contributed by atoms with van der Waals surface area (Å²) >= 11 is 0. The zero-order valence-corrected chi connectivity index (χ0v) is 20.2. The van der Waals surface area contributed by atoms with Crippen LogP contribution in [0.2, 0.25) is 0 Å². The Hall–Kier alpha value is -3.12. The Kier molecular flexibility index (Phi) is 6.42. The highest BCUT2D eigenvalue weighted by atomic mass is 16.5. The smallest absolute Gasteiger partial charge is 0.252 e. The Balaban J connectivity index is 0.000000547. The SMILES string of the molecule is C1CNC1.COc1ccc(C)c(C(=O)NC2(c3cc(N4CCCC4)cc4ncccc34)CC2)c1. The van der Waals surface area contributed by atoms with Crippen LogP contribution in [0.1, 0.15) is 53.6 Å². The third-order valence-electron chi connectivity index (χ3n) is 7.19. The van der Waals surface area contributed by atoms with Crippen molar-refractivity contribution in [1.29, 1.82) is 0 Å². The quantitative estimate of drug-likeness (QED) is 0.587. The molecule has 1 amide bonds. The first-order chi connectivity index (χ1) is 16.6. The zero-order valence-electron chi connectivity index (χ0n) is 20.2. The lowest BCUT2D eigenvalue weighted by atomic mass is 9.97. The van der Waals surface area contributed by atoms with Crippen LogP contribution in [0.3, 0.4) is 0 Å². The molecule has 2 aromatic carbocycles. The molecule has 178 valence electrons. The summed E-state index contributed by atoms with van der Waals surface area (Å²) in [4.78, 5) is 20.3. The van der Waals surface area contributed by atoms with Crippen molar-refractivity contribution in [2.75, 3.05) is 38.2 Å². The molecule has 34 heavy (non-hydrogen) atoms. The van der Waals surface area contributed by atoms with Crippen LogP contribution in [0.15, 0.2) is 48.7 Å². The maximum Gasteiger partial charge on any atom is 0.252 e. The van der Waals surface area contributed by atoms with Crippen molar-refractivity contribution in [1.82, 2.24) is 15.6 Å². The highest BCUT2D eigenvalue weighted by Gasteiger charge is 2.47. The van der Waals surface area contributed by atoms with Crippen LogP contribution in [0, 0.1) is 6.92 Å². The summed E-state index contributed by atoms with van der Waals surface area (Å²) in [6.45, 7) is 6.63. The van der Waals surface area contributed by atoms with E-state index < -0.39 is 0 Å². The van der Waals surface area contributed by atoms with E-state index in [0.29, 0.717) is 11.3 Å². The number of amides is 1. The molecule has 3 heterocycles. The number of hydrogen-bond donors (Lipinski definition) is 2. The summed E-state index contributed by atoms with van der Waals surface area (Å²) in [5, 5.41) is 7.60. The average Bonchev–Trinajstić information content (AvgIpc) is 3.37. The van der Waals surface area contributed by atoms with Crippen LogP contribution in [-0.4, -0.2) is 44.2 Å². The Morgan fingerprint density at radius 3 is 2.47 bits per heavy atom. The number of carbonyl (C=O) groups excluding carboxylic acids is 1. The summed E-state index contributed by atoms with van der Waals surface area (Å²) in [7, 11) is 1.62. The fraction of sp³-hybridized carbons (Fsp3) is 0.429. The number of benzene rings is 2. The van der Waals surface area contributed by atoms with Gasteiger partial charge in [-0.2, -0.15) is 0 Å². The number of methoxy groups -OCH3 is 1. The number of aromatic nitrogens is 1. The molecule has 6 heteroatoms. The highest BCUT2D eigenvalue weighted by molar-refractivity contribution is 5.97. The Bertz CT molecular complexity index is 1170. The molecule has 2 saturated heterocycles. The molecule has 1 aromatic heterocycles. The van der Waals surface area contributed by atoms with Crippen molar-refractivity contribution < 1.29 is 9.53 Å². The van der Waals surface area contributed by atoms with Gasteiger partial charge in [-0.3, -0.25) is 9.78 Å². The van der Waals surface area contributed by atoms with E-state index >= 15 is 0 Å². The standard InChI is InChI=1S/C25H27N3O2.C3H7N/c1-17-7-8-19(30-2)16-21(17)24(29)27-25(9-10-25)22-14-18(28-12-3-4-13-28)15-23-20(22)6-5-11-26-23;1-2-4-3-1/h5-8,11,14-16H,3-4,9-10,12-13H2,1-2H3,(H,27,29);4H,1-3H2. The van der Waals surface area contributed by atoms with Crippen LogP contribution in [-0.2, 0) is 5.54 Å². The van der Waals surface area contributed by atoms with Crippen LogP contribution in [0.25, 0.3) is 10.9 Å². The third kappa shape index (κ3) is 4.60. The number of aryl methyl sites for hydroxylation is 1. The van der Waals surface area contributed by atoms with Crippen LogP contribution in [0.4, 0.5) is 5.69 Å². The summed E-state index contributed by atoms with van der Waals surface area (Å²) < 4.78 is 5.33. The van der Waals surface area contributed by atoms with Crippen LogP contribution in [0.5, 0.6) is 5.75 Å². The maximum atomic E-state index is 13.2. The lowest BCUT2D eigenvalue weighted by molar-refractivity contribution is 0.0930. The van der Waals surface area contributed by atoms with Gasteiger partial charge in [-0.15, -0.1) is 0 Å². The molecule has 1 aliphatic carbocycles. The molecule has 3 aliphatic rings. The predicted octanol–water partition coefficient (Wildman–Crippen LogP) is 4.55. The minimum Gasteiger partial charge on any atom is -0.497 e. The van der Waals surface area contributed by atoms with Gasteiger partial charge in [-0.25, -0.2) is 0 Å². The topological polar surface area (TPSA) is 66.5 Å². The monoisotopic (exact) mass is 458 g/mol. The van der Waals surface area contributed by atoms with Gasteiger partial charge in [-0.1, -0.05) is 12.1 Å². The van der Waals surface area contributed by atoms with Crippen molar-refractivity contribution in [3.63, 3.8) is 0 Å². The van der Waals surface area contributed by atoms with Crippen molar-refractivity contribution >= 4 is 22.5 Å². The number of fused-ring (bicyclic) bond motifs is 1. The van der Waals surface area contributed by atoms with Gasteiger partial charge >= 0.3 is 0 Å². The molecule has 0 radical (unpaired) electrons. The fourth-order valence-electron chi connectivity index (χ4n) is 4.74. The van der Waals surface area contributed by atoms with E-state index in [2.05, 4.69) is 38.7 Å². The number of carbonyl (C=O) groups is 1. The summed E-state index contributed by atoms with van der Waals surface area (Å²) in [5.74, 6) is 0.647. The molecule has 0 unspecified atom stereocenters. The van der Waals surface area contributed by atoms with Gasteiger partial charge < -0.3 is 20.3 Å². The zero-order chi connectivity index (χ0) is 23.5. The van der Waals surface area contributed by atoms with Crippen molar-refractivity contribution in [2.24, 2.45) is 0 Å². The van der Waals surface area contributed by atoms with Gasteiger partial charge in [0.1, 0.15) is 5.75 Å². The van der Waals surface area contributed by atoms with Gasteiger partial charge in [0, 0.05) is 35.9 Å². The largest absolute Gasteiger partial charge is 0.497 e. The molecule has 2 aliphatic heterocycles. The van der Waals surface area contributed by atoms with E-state index in [1.165, 1.54) is 43.6 Å². The van der Waals surface area contributed by atoms with Crippen molar-refractivity contribution in [3.8, 4) is 5.75 Å². The van der Waals surface area contributed by atoms with Crippen molar-refractivity contribution in [3.05, 3.63) is 65.4 Å². The van der Waals surface area contributed by atoms with E-state index in [4.69, 9.17) is 4.74 Å². The van der Waals surface area contributed by atoms with E-state index in [-0.39, 0.29) is 11.4 Å². The highest BCUT2D eigenvalue weighted by Crippen LogP contribution is 2.49. The number of pyridine rings is 1. The Morgan fingerprint density at radius 1 is 1.09 bits per heavy atom. The van der Waals surface area contributed by atoms with Crippen LogP contribution < -0.4 is 20.3 Å². The molecule has 2 N–H and O–H groups in total. The average molecular weight is 459 g/mol. The number of ether oxygens (including phenoxy) is 1. The Labute approximate surface area is 201 Å². The second kappa shape index (κ2) is 9.63. The first-order valence-electron chi connectivity index (χ1n) is 12.4. The third-order valence-corrected chi connectivity index (χ3v) is 7.19. The summed E-state index contributed by atoms with van der Waals surface area (Å²) in [6, 6.07) is 14.2. The number of hydrogen-bond acceptors (Lipinski definition) is 5. The van der Waals surface area contributed by atoms with Gasteiger partial charge in [0.05, 0.1) is 18.2 Å². The van der Waals surface area contributed by atoms with Gasteiger partial charge in [0.2, 0.25) is 0 Å². The second-order valence-corrected chi connectivity index (χ2v) is 9.58. The van der Waals surface area contributed by atoms with Gasteiger partial charge in [0.15, 0.2) is 0 Å². The molecular formula is C28H34N4O2. The molecule has 6 rings (SSSR count). The minimum atomic E-state index is -0.330. The normalized spacial score (nSPS) is 18.0. The number of nitrogens with zero attached hydrogens (tertiary/aromatic N) is 2. The van der Waals surface area contributed by atoms with Crippen LogP contribution >= 0.6 is 0 Å². The Morgan fingerprint density at radius 2 is 1.82 bits per heavy atom. The molecular weight excluding hydrogens is 424 g/mol. The first-order valence-corrected chi connectivity index (χ1v) is 12.4. The maximum absolute atomic E-state index is 13.2. The summed E-state index contributed by atoms with van der Waals surface area (Å²) in [6.07, 6.45) is 7.57. The van der Waals surface area contributed by atoms with Crippen molar-refractivity contribution in [2.45, 2.75) is 44.6 Å².